The first kappa shape index (κ1) is 17.6. The molecular weight excluding hydrogens is 319 g/mol. The predicted octanol–water partition coefficient (Wildman–Crippen LogP) is 1.74. The minimum atomic E-state index is -3.61. The Morgan fingerprint density at radius 3 is 2.48 bits per heavy atom. The number of carbonyl (C=O) groups excluding carboxylic acids is 1. The highest BCUT2D eigenvalue weighted by Crippen LogP contribution is 2.38. The van der Waals surface area contributed by atoms with Crippen molar-refractivity contribution in [1.29, 1.82) is 0 Å². The van der Waals surface area contributed by atoms with Crippen LogP contribution in [0.1, 0.15) is 38.8 Å². The summed E-state index contributed by atoms with van der Waals surface area (Å²) in [5.74, 6) is -1.00. The summed E-state index contributed by atoms with van der Waals surface area (Å²) in [5.41, 5.74) is 5.31. The third kappa shape index (κ3) is 3.02. The van der Waals surface area contributed by atoms with Gasteiger partial charge in [-0.25, -0.2) is 12.8 Å². The maximum absolute atomic E-state index is 14.3. The zero-order valence-corrected chi connectivity index (χ0v) is 14.5. The molecule has 0 saturated carbocycles. The topological polar surface area (TPSA) is 89.6 Å². The van der Waals surface area contributed by atoms with Crippen molar-refractivity contribution >= 4 is 21.5 Å². The lowest BCUT2D eigenvalue weighted by Crippen LogP contribution is -2.55. The first-order valence-electron chi connectivity index (χ1n) is 7.25. The number of aliphatic imine (C=N–C) groups is 1. The Bertz CT molecular complexity index is 800. The molecule has 0 amide bonds. The number of hydrogen-bond donors (Lipinski definition) is 1. The van der Waals surface area contributed by atoms with E-state index in [-0.39, 0.29) is 29.4 Å². The van der Waals surface area contributed by atoms with Gasteiger partial charge in [0, 0.05) is 12.0 Å². The fraction of sp³-hybridized carbons (Fsp3) is 0.500. The number of carbonyl (C=O) groups is 1. The van der Waals surface area contributed by atoms with Gasteiger partial charge in [-0.1, -0.05) is 6.07 Å². The van der Waals surface area contributed by atoms with Crippen LogP contribution in [0.2, 0.25) is 0 Å². The normalized spacial score (nSPS) is 25.7. The summed E-state index contributed by atoms with van der Waals surface area (Å²) in [6, 6.07) is 4.25. The number of Topliss-reactive ketones (excluding diaryl/α,β-unsaturated/α-hetero) is 1. The fourth-order valence-electron chi connectivity index (χ4n) is 2.66. The van der Waals surface area contributed by atoms with Crippen LogP contribution < -0.4 is 5.73 Å². The molecule has 0 bridgehead atoms. The van der Waals surface area contributed by atoms with Gasteiger partial charge in [0.15, 0.2) is 9.84 Å². The van der Waals surface area contributed by atoms with Crippen LogP contribution in [0.15, 0.2) is 23.2 Å². The predicted molar refractivity (Wildman–Crippen MR) is 87.6 cm³/mol. The molecule has 0 spiro atoms. The second-order valence-corrected chi connectivity index (χ2v) is 9.27. The zero-order valence-electron chi connectivity index (χ0n) is 13.7. The lowest BCUT2D eigenvalue weighted by Gasteiger charge is -2.38. The maximum Gasteiger partial charge on any atom is 0.165 e. The van der Waals surface area contributed by atoms with Crippen molar-refractivity contribution < 1.29 is 17.6 Å². The number of hydrogen-bond acceptors (Lipinski definition) is 5. The molecule has 126 valence electrons. The van der Waals surface area contributed by atoms with Crippen molar-refractivity contribution in [2.45, 2.75) is 44.4 Å². The van der Waals surface area contributed by atoms with Crippen molar-refractivity contribution in [2.24, 2.45) is 10.7 Å². The van der Waals surface area contributed by atoms with Gasteiger partial charge in [-0.3, -0.25) is 9.79 Å². The SMILES string of the molecule is CC(=O)Cc1ccc(F)c([C@]2(C)CS(=O)(=O)C(C)(C)C(N)=N2)c1. The molecule has 0 aliphatic carbocycles. The van der Waals surface area contributed by atoms with E-state index in [1.165, 1.54) is 39.0 Å². The quantitative estimate of drug-likeness (QED) is 0.907. The zero-order chi connectivity index (χ0) is 17.6. The van der Waals surface area contributed by atoms with E-state index in [0.29, 0.717) is 5.56 Å². The summed E-state index contributed by atoms with van der Waals surface area (Å²) in [5, 5.41) is 0. The molecule has 1 aromatic rings. The number of benzene rings is 1. The van der Waals surface area contributed by atoms with E-state index in [9.17, 15) is 17.6 Å². The van der Waals surface area contributed by atoms with Crippen LogP contribution in [0.3, 0.4) is 0 Å². The standard InChI is InChI=1S/C16H21FN2O3S/c1-10(20)7-11-5-6-13(17)12(8-11)16(4)9-23(21,22)15(2,3)14(18)19-16/h5-6,8H,7,9H2,1-4H3,(H2,18,19)/t16-/m0/s1. The van der Waals surface area contributed by atoms with Gasteiger partial charge in [-0.05, 0) is 45.4 Å². The molecule has 1 aliphatic rings. The number of rotatable bonds is 3. The largest absolute Gasteiger partial charge is 0.386 e. The van der Waals surface area contributed by atoms with Gasteiger partial charge >= 0.3 is 0 Å². The summed E-state index contributed by atoms with van der Waals surface area (Å²) in [6.45, 7) is 5.96. The molecule has 23 heavy (non-hydrogen) atoms. The van der Waals surface area contributed by atoms with E-state index >= 15 is 0 Å². The Hall–Kier alpha value is -1.76. The van der Waals surface area contributed by atoms with Crippen LogP contribution in [-0.2, 0) is 26.6 Å². The van der Waals surface area contributed by atoms with Gasteiger partial charge in [0.05, 0.1) is 5.75 Å². The van der Waals surface area contributed by atoms with Crippen molar-refractivity contribution in [3.63, 3.8) is 0 Å². The van der Waals surface area contributed by atoms with E-state index < -0.39 is 25.9 Å². The summed E-state index contributed by atoms with van der Waals surface area (Å²) in [4.78, 5) is 15.6. The number of amidine groups is 1. The van der Waals surface area contributed by atoms with Crippen LogP contribution in [0.5, 0.6) is 0 Å². The second kappa shape index (κ2) is 5.40. The third-order valence-corrected chi connectivity index (χ3v) is 7.00. The van der Waals surface area contributed by atoms with Gasteiger partial charge < -0.3 is 5.73 Å². The maximum atomic E-state index is 14.3. The molecule has 1 aliphatic heterocycles. The van der Waals surface area contributed by atoms with Gasteiger partial charge in [0.1, 0.15) is 27.7 Å². The van der Waals surface area contributed by atoms with E-state index in [1.807, 2.05) is 0 Å². The highest BCUT2D eigenvalue weighted by Gasteiger charge is 2.49. The molecule has 0 radical (unpaired) electrons. The minimum Gasteiger partial charge on any atom is -0.386 e. The molecule has 7 heteroatoms. The average Bonchev–Trinajstić information content (AvgIpc) is 2.37. The molecular formula is C16H21FN2O3S. The molecule has 0 fully saturated rings. The smallest absolute Gasteiger partial charge is 0.165 e. The lowest BCUT2D eigenvalue weighted by molar-refractivity contribution is -0.116. The Labute approximate surface area is 135 Å². The molecule has 1 aromatic carbocycles. The lowest BCUT2D eigenvalue weighted by atomic mass is 9.91. The summed E-state index contributed by atoms with van der Waals surface area (Å²) in [6.07, 6.45) is 0.154. The summed E-state index contributed by atoms with van der Waals surface area (Å²) >= 11 is 0. The molecule has 1 heterocycles. The number of nitrogens with two attached hydrogens (primary N) is 1. The van der Waals surface area contributed by atoms with Gasteiger partial charge in [-0.2, -0.15) is 0 Å². The molecule has 0 unspecified atom stereocenters. The fourth-order valence-corrected chi connectivity index (χ4v) is 4.35. The molecule has 0 saturated heterocycles. The van der Waals surface area contributed by atoms with Crippen LogP contribution in [0, 0.1) is 5.82 Å². The third-order valence-electron chi connectivity index (χ3n) is 4.30. The van der Waals surface area contributed by atoms with Crippen molar-refractivity contribution in [2.75, 3.05) is 5.75 Å². The van der Waals surface area contributed by atoms with Crippen molar-refractivity contribution in [3.05, 3.63) is 35.1 Å². The number of nitrogens with zero attached hydrogens (tertiary/aromatic N) is 1. The number of sulfone groups is 1. The van der Waals surface area contributed by atoms with Crippen LogP contribution in [0.4, 0.5) is 4.39 Å². The highest BCUT2D eigenvalue weighted by atomic mass is 32.2. The van der Waals surface area contributed by atoms with Gasteiger partial charge in [0.25, 0.3) is 0 Å². The Morgan fingerprint density at radius 2 is 1.96 bits per heavy atom. The van der Waals surface area contributed by atoms with Crippen LogP contribution >= 0.6 is 0 Å². The molecule has 2 rings (SSSR count). The van der Waals surface area contributed by atoms with Crippen LogP contribution in [-0.4, -0.2) is 30.5 Å². The summed E-state index contributed by atoms with van der Waals surface area (Å²) < 4.78 is 38.1. The number of ketones is 1. The Balaban J connectivity index is 2.61. The van der Waals surface area contributed by atoms with Crippen LogP contribution in [0.25, 0.3) is 0 Å². The van der Waals surface area contributed by atoms with Gasteiger partial charge in [-0.15, -0.1) is 0 Å². The molecule has 5 nitrogen and oxygen atoms in total. The Morgan fingerprint density at radius 1 is 1.35 bits per heavy atom. The first-order valence-corrected chi connectivity index (χ1v) is 8.91. The van der Waals surface area contributed by atoms with Gasteiger partial charge in [0.2, 0.25) is 0 Å². The van der Waals surface area contributed by atoms with E-state index in [4.69, 9.17) is 5.73 Å². The Kier molecular flexibility index (Phi) is 4.13. The average molecular weight is 340 g/mol. The first-order chi connectivity index (χ1) is 10.4. The molecule has 0 aromatic heterocycles. The second-order valence-electron chi connectivity index (χ2n) is 6.73. The number of halogens is 1. The van der Waals surface area contributed by atoms with E-state index in [0.717, 1.165) is 0 Å². The van der Waals surface area contributed by atoms with Crippen molar-refractivity contribution in [1.82, 2.24) is 0 Å². The summed E-state index contributed by atoms with van der Waals surface area (Å²) in [7, 11) is -3.61. The minimum absolute atomic E-state index is 0.0392. The van der Waals surface area contributed by atoms with E-state index in [2.05, 4.69) is 4.99 Å². The monoisotopic (exact) mass is 340 g/mol. The molecule has 2 N–H and O–H groups in total. The highest BCUT2D eigenvalue weighted by molar-refractivity contribution is 7.93. The molecule has 1 atom stereocenters. The van der Waals surface area contributed by atoms with E-state index in [1.54, 1.807) is 6.92 Å². The van der Waals surface area contributed by atoms with Crippen molar-refractivity contribution in [3.8, 4) is 0 Å².